The Balaban J connectivity index is 2.22. The van der Waals surface area contributed by atoms with Crippen molar-refractivity contribution in [3.8, 4) is 6.07 Å². The first-order valence-electron chi connectivity index (χ1n) is 4.26. The van der Waals surface area contributed by atoms with Crippen molar-refractivity contribution in [2.75, 3.05) is 0 Å². The zero-order valence-corrected chi connectivity index (χ0v) is 7.92. The van der Waals surface area contributed by atoms with Gasteiger partial charge in [-0.25, -0.2) is 4.98 Å². The molecule has 0 aliphatic heterocycles. The van der Waals surface area contributed by atoms with Crippen molar-refractivity contribution in [2.45, 2.75) is 25.4 Å². The average molecular weight is 194 g/mol. The summed E-state index contributed by atoms with van der Waals surface area (Å²) in [4.78, 5) is 4.03. The monoisotopic (exact) mass is 194 g/mol. The van der Waals surface area contributed by atoms with E-state index in [-0.39, 0.29) is 0 Å². The van der Waals surface area contributed by atoms with Crippen molar-refractivity contribution in [1.82, 2.24) is 4.98 Å². The molecule has 0 radical (unpaired) electrons. The molecule has 0 amide bonds. The molecule has 0 aromatic carbocycles. The molecule has 1 aliphatic carbocycles. The van der Waals surface area contributed by atoms with E-state index in [9.17, 15) is 5.11 Å². The van der Waals surface area contributed by atoms with Gasteiger partial charge in [0.1, 0.15) is 6.10 Å². The SMILES string of the molecule is N#CC1(C(O)c2cscn2)CCC1. The van der Waals surface area contributed by atoms with E-state index in [1.54, 1.807) is 5.51 Å². The van der Waals surface area contributed by atoms with Crippen LogP contribution in [0.3, 0.4) is 0 Å². The summed E-state index contributed by atoms with van der Waals surface area (Å²) in [5, 5.41) is 20.7. The van der Waals surface area contributed by atoms with Crippen LogP contribution in [-0.4, -0.2) is 10.1 Å². The topological polar surface area (TPSA) is 56.9 Å². The number of nitriles is 1. The summed E-state index contributed by atoms with van der Waals surface area (Å²) >= 11 is 1.45. The minimum Gasteiger partial charge on any atom is -0.385 e. The van der Waals surface area contributed by atoms with Gasteiger partial charge < -0.3 is 5.11 Å². The lowest BCUT2D eigenvalue weighted by atomic mass is 9.65. The van der Waals surface area contributed by atoms with Crippen LogP contribution in [0.15, 0.2) is 10.9 Å². The van der Waals surface area contributed by atoms with Gasteiger partial charge in [-0.2, -0.15) is 5.26 Å². The Morgan fingerprint density at radius 2 is 2.46 bits per heavy atom. The fourth-order valence-electron chi connectivity index (χ4n) is 1.64. The van der Waals surface area contributed by atoms with Crippen molar-refractivity contribution in [2.24, 2.45) is 5.41 Å². The lowest BCUT2D eigenvalue weighted by molar-refractivity contribution is 0.00545. The minimum absolute atomic E-state index is 0.548. The van der Waals surface area contributed by atoms with Gasteiger partial charge in [0, 0.05) is 5.38 Å². The molecule has 1 heterocycles. The maximum Gasteiger partial charge on any atom is 0.115 e. The fraction of sp³-hybridized carbons (Fsp3) is 0.556. The third kappa shape index (κ3) is 1.25. The zero-order valence-electron chi connectivity index (χ0n) is 7.10. The Morgan fingerprint density at radius 1 is 1.69 bits per heavy atom. The van der Waals surface area contributed by atoms with Crippen LogP contribution in [0.4, 0.5) is 0 Å². The lowest BCUT2D eigenvalue weighted by Gasteiger charge is -2.38. The van der Waals surface area contributed by atoms with Gasteiger partial charge >= 0.3 is 0 Å². The van der Waals surface area contributed by atoms with E-state index in [1.165, 1.54) is 11.3 Å². The number of aliphatic hydroxyl groups excluding tert-OH is 1. The van der Waals surface area contributed by atoms with Crippen LogP contribution in [0.25, 0.3) is 0 Å². The molecule has 1 aliphatic rings. The number of hydrogen-bond donors (Lipinski definition) is 1. The summed E-state index contributed by atoms with van der Waals surface area (Å²) < 4.78 is 0. The molecule has 0 saturated heterocycles. The highest BCUT2D eigenvalue weighted by Gasteiger charge is 2.45. The summed E-state index contributed by atoms with van der Waals surface area (Å²) in [6.07, 6.45) is 1.93. The zero-order chi connectivity index (χ0) is 9.31. The number of hydrogen-bond acceptors (Lipinski definition) is 4. The van der Waals surface area contributed by atoms with Gasteiger partial charge in [0.15, 0.2) is 0 Å². The second kappa shape index (κ2) is 3.09. The molecule has 1 atom stereocenters. The Labute approximate surface area is 80.7 Å². The number of rotatable bonds is 2. The predicted octanol–water partition coefficient (Wildman–Crippen LogP) is 1.87. The number of aromatic nitrogens is 1. The molecule has 1 saturated carbocycles. The Morgan fingerprint density at radius 3 is 2.85 bits per heavy atom. The van der Waals surface area contributed by atoms with Gasteiger partial charge in [0.2, 0.25) is 0 Å². The molecule has 4 heteroatoms. The molecule has 1 aromatic heterocycles. The van der Waals surface area contributed by atoms with E-state index < -0.39 is 11.5 Å². The number of nitrogens with zero attached hydrogens (tertiary/aromatic N) is 2. The molecule has 1 aromatic rings. The molecule has 3 nitrogen and oxygen atoms in total. The van der Waals surface area contributed by atoms with Gasteiger partial charge in [-0.3, -0.25) is 0 Å². The van der Waals surface area contributed by atoms with Crippen molar-refractivity contribution in [1.29, 1.82) is 5.26 Å². The van der Waals surface area contributed by atoms with Crippen molar-refractivity contribution >= 4 is 11.3 Å². The summed E-state index contributed by atoms with van der Waals surface area (Å²) in [7, 11) is 0. The lowest BCUT2D eigenvalue weighted by Crippen LogP contribution is -2.34. The first-order chi connectivity index (χ1) is 6.28. The highest BCUT2D eigenvalue weighted by molar-refractivity contribution is 7.07. The maximum absolute atomic E-state index is 9.90. The average Bonchev–Trinajstić information content (AvgIpc) is 2.54. The van der Waals surface area contributed by atoms with Crippen LogP contribution in [0.2, 0.25) is 0 Å². The second-order valence-corrected chi connectivity index (χ2v) is 4.16. The largest absolute Gasteiger partial charge is 0.385 e. The Hall–Kier alpha value is -0.920. The molecule has 0 bridgehead atoms. The van der Waals surface area contributed by atoms with Crippen LogP contribution in [0.5, 0.6) is 0 Å². The molecular weight excluding hydrogens is 184 g/mol. The van der Waals surface area contributed by atoms with E-state index in [2.05, 4.69) is 11.1 Å². The van der Waals surface area contributed by atoms with Crippen molar-refractivity contribution in [3.63, 3.8) is 0 Å². The first-order valence-corrected chi connectivity index (χ1v) is 5.20. The summed E-state index contributed by atoms with van der Waals surface area (Å²) in [6.45, 7) is 0. The highest BCUT2D eigenvalue weighted by Crippen LogP contribution is 2.49. The summed E-state index contributed by atoms with van der Waals surface area (Å²) in [5.74, 6) is 0. The van der Waals surface area contributed by atoms with Crippen LogP contribution in [0.1, 0.15) is 31.1 Å². The van der Waals surface area contributed by atoms with E-state index >= 15 is 0 Å². The van der Waals surface area contributed by atoms with Gasteiger partial charge in [0.25, 0.3) is 0 Å². The molecular formula is C9H10N2OS. The van der Waals surface area contributed by atoms with E-state index in [0.29, 0.717) is 5.69 Å². The van der Waals surface area contributed by atoms with Crippen LogP contribution >= 0.6 is 11.3 Å². The molecule has 1 N–H and O–H groups in total. The first kappa shape index (κ1) is 8.67. The minimum atomic E-state index is -0.697. The Kier molecular flexibility index (Phi) is 2.06. The van der Waals surface area contributed by atoms with Gasteiger partial charge in [-0.05, 0) is 12.8 Å². The quantitative estimate of drug-likeness (QED) is 0.781. The van der Waals surface area contributed by atoms with Crippen molar-refractivity contribution < 1.29 is 5.11 Å². The normalized spacial score (nSPS) is 21.5. The Bertz CT molecular complexity index is 324. The highest BCUT2D eigenvalue weighted by atomic mass is 32.1. The van der Waals surface area contributed by atoms with E-state index in [1.807, 2.05) is 5.38 Å². The molecule has 0 spiro atoms. The van der Waals surface area contributed by atoms with E-state index in [4.69, 9.17) is 5.26 Å². The summed E-state index contributed by atoms with van der Waals surface area (Å²) in [5.41, 5.74) is 1.78. The number of aliphatic hydroxyl groups is 1. The standard InChI is InChI=1S/C9H10N2OS/c10-5-9(2-1-3-9)8(12)7-4-13-6-11-7/h4,6,8,12H,1-3H2. The molecule has 1 fully saturated rings. The van der Waals surface area contributed by atoms with Gasteiger partial charge in [0.05, 0.1) is 22.7 Å². The predicted molar refractivity (Wildman–Crippen MR) is 49.0 cm³/mol. The molecule has 13 heavy (non-hydrogen) atoms. The fourth-order valence-corrected chi connectivity index (χ4v) is 2.22. The molecule has 2 rings (SSSR count). The van der Waals surface area contributed by atoms with Gasteiger partial charge in [-0.15, -0.1) is 11.3 Å². The van der Waals surface area contributed by atoms with Crippen LogP contribution < -0.4 is 0 Å². The maximum atomic E-state index is 9.90. The second-order valence-electron chi connectivity index (χ2n) is 3.44. The smallest absolute Gasteiger partial charge is 0.115 e. The van der Waals surface area contributed by atoms with Crippen LogP contribution in [-0.2, 0) is 0 Å². The third-order valence-electron chi connectivity index (χ3n) is 2.72. The number of thiazole rings is 1. The van der Waals surface area contributed by atoms with E-state index in [0.717, 1.165) is 19.3 Å². The molecule has 1 unspecified atom stereocenters. The third-order valence-corrected chi connectivity index (χ3v) is 3.33. The molecule has 68 valence electrons. The van der Waals surface area contributed by atoms with Gasteiger partial charge in [-0.1, -0.05) is 6.42 Å². The summed E-state index contributed by atoms with van der Waals surface area (Å²) in [6, 6.07) is 2.22. The van der Waals surface area contributed by atoms with Crippen LogP contribution in [0, 0.1) is 16.7 Å². The van der Waals surface area contributed by atoms with Crippen molar-refractivity contribution in [3.05, 3.63) is 16.6 Å².